The molecule has 2 aliphatic rings. The maximum absolute atomic E-state index is 12.3. The lowest BCUT2D eigenvalue weighted by Gasteiger charge is -2.36. The number of ether oxygens (including phenoxy) is 2. The predicted molar refractivity (Wildman–Crippen MR) is 112 cm³/mol. The molecule has 28 heavy (non-hydrogen) atoms. The summed E-state index contributed by atoms with van der Waals surface area (Å²) in [7, 11) is 0. The minimum absolute atomic E-state index is 0.0542. The quantitative estimate of drug-likeness (QED) is 0.439. The molecule has 0 aromatic carbocycles. The van der Waals surface area contributed by atoms with Gasteiger partial charge in [0.25, 0.3) is 0 Å². The summed E-state index contributed by atoms with van der Waals surface area (Å²) in [4.78, 5) is 24.6. The highest BCUT2D eigenvalue weighted by atomic mass is 16.5. The van der Waals surface area contributed by atoms with E-state index in [4.69, 9.17) is 9.47 Å². The van der Waals surface area contributed by atoms with Gasteiger partial charge in [-0.2, -0.15) is 0 Å². The number of carbonyl (C=O) groups excluding carboxylic acids is 2. The predicted octanol–water partition coefficient (Wildman–Crippen LogP) is 5.55. The van der Waals surface area contributed by atoms with E-state index in [9.17, 15) is 9.59 Å². The summed E-state index contributed by atoms with van der Waals surface area (Å²) in [6.45, 7) is 13.2. The number of esters is 2. The molecule has 0 spiro atoms. The highest BCUT2D eigenvalue weighted by molar-refractivity contribution is 5.91. The lowest BCUT2D eigenvalue weighted by atomic mass is 9.75. The maximum Gasteiger partial charge on any atom is 0.331 e. The van der Waals surface area contributed by atoms with Crippen LogP contribution in [0.1, 0.15) is 80.1 Å². The molecule has 160 valence electrons. The molecule has 2 aliphatic carbocycles. The Morgan fingerprint density at radius 1 is 0.714 bits per heavy atom. The van der Waals surface area contributed by atoms with Gasteiger partial charge < -0.3 is 9.47 Å². The third-order valence-corrected chi connectivity index (χ3v) is 6.81. The Kier molecular flexibility index (Phi) is 8.57. The fourth-order valence-corrected chi connectivity index (χ4v) is 5.01. The van der Waals surface area contributed by atoms with Crippen molar-refractivity contribution in [1.29, 1.82) is 0 Å². The molecule has 4 heteroatoms. The van der Waals surface area contributed by atoms with Crippen LogP contribution in [-0.4, -0.2) is 24.1 Å². The van der Waals surface area contributed by atoms with Crippen LogP contribution in [0.25, 0.3) is 0 Å². The number of carbonyl (C=O) groups is 2. The second-order valence-electron chi connectivity index (χ2n) is 9.94. The standard InChI is InChI=1S/C24H40O4/c1-15(2)19-9-7-17(5)13-21(19)27-23(25)11-12-24(26)28-22-14-18(6)8-10-20(22)16(3)4/h11-12,15-22H,7-10,13-14H2,1-6H3/t17-,18-,19+,20+,21-,22?/m0/s1. The van der Waals surface area contributed by atoms with Gasteiger partial charge in [0.2, 0.25) is 0 Å². The SMILES string of the molecule is CC(C)[C@H]1CC[C@H](C)CC1OC(=O)C=CC(=O)O[C@H]1C[C@@H](C)CC[C@@H]1C(C)C. The molecule has 2 fully saturated rings. The minimum atomic E-state index is -0.431. The van der Waals surface area contributed by atoms with Crippen LogP contribution in [0.2, 0.25) is 0 Å². The third-order valence-electron chi connectivity index (χ3n) is 6.81. The molecule has 2 rings (SSSR count). The largest absolute Gasteiger partial charge is 0.459 e. The van der Waals surface area contributed by atoms with Crippen LogP contribution >= 0.6 is 0 Å². The second-order valence-corrected chi connectivity index (χ2v) is 9.94. The first-order valence-electron chi connectivity index (χ1n) is 11.3. The van der Waals surface area contributed by atoms with E-state index in [-0.39, 0.29) is 12.2 Å². The third kappa shape index (κ3) is 6.63. The van der Waals surface area contributed by atoms with Crippen LogP contribution in [-0.2, 0) is 19.1 Å². The first-order valence-corrected chi connectivity index (χ1v) is 11.3. The van der Waals surface area contributed by atoms with Gasteiger partial charge in [-0.25, -0.2) is 9.59 Å². The average Bonchev–Trinajstić information content (AvgIpc) is 2.59. The van der Waals surface area contributed by atoms with Gasteiger partial charge in [0.1, 0.15) is 12.2 Å². The van der Waals surface area contributed by atoms with Crippen molar-refractivity contribution in [3.8, 4) is 0 Å². The van der Waals surface area contributed by atoms with E-state index in [2.05, 4.69) is 41.5 Å². The Morgan fingerprint density at radius 2 is 1.07 bits per heavy atom. The number of hydrogen-bond donors (Lipinski definition) is 0. The van der Waals surface area contributed by atoms with Crippen LogP contribution < -0.4 is 0 Å². The average molecular weight is 393 g/mol. The van der Waals surface area contributed by atoms with Crippen molar-refractivity contribution >= 4 is 11.9 Å². The fourth-order valence-electron chi connectivity index (χ4n) is 5.01. The first-order chi connectivity index (χ1) is 13.2. The summed E-state index contributed by atoms with van der Waals surface area (Å²) < 4.78 is 11.4. The zero-order chi connectivity index (χ0) is 20.8. The molecule has 0 radical (unpaired) electrons. The highest BCUT2D eigenvalue weighted by Crippen LogP contribution is 2.36. The molecule has 0 N–H and O–H groups in total. The molecule has 0 bridgehead atoms. The van der Waals surface area contributed by atoms with Crippen LogP contribution in [0.3, 0.4) is 0 Å². The zero-order valence-corrected chi connectivity index (χ0v) is 18.6. The van der Waals surface area contributed by atoms with Crippen LogP contribution in [0, 0.1) is 35.5 Å². The monoisotopic (exact) mass is 392 g/mol. The van der Waals surface area contributed by atoms with E-state index in [0.29, 0.717) is 35.5 Å². The molecule has 2 saturated carbocycles. The molecule has 4 nitrogen and oxygen atoms in total. The molecule has 6 atom stereocenters. The maximum atomic E-state index is 12.3. The molecule has 0 heterocycles. The van der Waals surface area contributed by atoms with E-state index < -0.39 is 11.9 Å². The lowest BCUT2D eigenvalue weighted by molar-refractivity contribution is -0.152. The van der Waals surface area contributed by atoms with Gasteiger partial charge in [-0.1, -0.05) is 54.4 Å². The van der Waals surface area contributed by atoms with Gasteiger partial charge in [-0.15, -0.1) is 0 Å². The molecule has 0 aromatic heterocycles. The molecular weight excluding hydrogens is 352 g/mol. The Labute approximate surface area is 171 Å². The van der Waals surface area contributed by atoms with E-state index in [1.165, 1.54) is 25.0 Å². The Balaban J connectivity index is 1.89. The zero-order valence-electron chi connectivity index (χ0n) is 18.6. The summed E-state index contributed by atoms with van der Waals surface area (Å²) in [5.41, 5.74) is 0. The lowest BCUT2D eigenvalue weighted by Crippen LogP contribution is -2.36. The normalized spacial score (nSPS) is 34.0. The van der Waals surface area contributed by atoms with Crippen molar-refractivity contribution in [2.45, 2.75) is 92.3 Å². The van der Waals surface area contributed by atoms with E-state index in [0.717, 1.165) is 25.7 Å². The molecule has 0 saturated heterocycles. The summed E-state index contributed by atoms with van der Waals surface area (Å²) in [5.74, 6) is 2.05. The molecular formula is C24H40O4. The first kappa shape index (κ1) is 23.0. The van der Waals surface area contributed by atoms with E-state index >= 15 is 0 Å². The second kappa shape index (κ2) is 10.5. The number of rotatable bonds is 6. The van der Waals surface area contributed by atoms with Crippen molar-refractivity contribution in [1.82, 2.24) is 0 Å². The highest BCUT2D eigenvalue weighted by Gasteiger charge is 2.34. The van der Waals surface area contributed by atoms with Gasteiger partial charge in [-0.05, 0) is 61.2 Å². The smallest absolute Gasteiger partial charge is 0.331 e. The van der Waals surface area contributed by atoms with Crippen LogP contribution in [0.15, 0.2) is 12.2 Å². The van der Waals surface area contributed by atoms with Crippen molar-refractivity contribution in [3.63, 3.8) is 0 Å². The Bertz CT molecular complexity index is 503. The van der Waals surface area contributed by atoms with Gasteiger partial charge in [-0.3, -0.25) is 0 Å². The van der Waals surface area contributed by atoms with Gasteiger partial charge in [0, 0.05) is 12.2 Å². The fraction of sp³-hybridized carbons (Fsp3) is 0.833. The van der Waals surface area contributed by atoms with Gasteiger partial charge >= 0.3 is 11.9 Å². The number of hydrogen-bond acceptors (Lipinski definition) is 4. The topological polar surface area (TPSA) is 52.6 Å². The Hall–Kier alpha value is -1.32. The molecule has 0 amide bonds. The van der Waals surface area contributed by atoms with Crippen molar-refractivity contribution in [3.05, 3.63) is 12.2 Å². The van der Waals surface area contributed by atoms with E-state index in [1.54, 1.807) is 0 Å². The van der Waals surface area contributed by atoms with Crippen molar-refractivity contribution in [2.24, 2.45) is 35.5 Å². The van der Waals surface area contributed by atoms with E-state index in [1.807, 2.05) is 0 Å². The van der Waals surface area contributed by atoms with Crippen LogP contribution in [0.4, 0.5) is 0 Å². The van der Waals surface area contributed by atoms with Gasteiger partial charge in [0.05, 0.1) is 0 Å². The summed E-state index contributed by atoms with van der Waals surface area (Å²) in [6, 6.07) is 0. The summed E-state index contributed by atoms with van der Waals surface area (Å²) >= 11 is 0. The Morgan fingerprint density at radius 3 is 1.39 bits per heavy atom. The summed E-state index contributed by atoms with van der Waals surface area (Å²) in [6.07, 6.45) is 8.77. The summed E-state index contributed by atoms with van der Waals surface area (Å²) in [5, 5.41) is 0. The molecule has 0 aliphatic heterocycles. The molecule has 1 unspecified atom stereocenters. The van der Waals surface area contributed by atoms with Crippen LogP contribution in [0.5, 0.6) is 0 Å². The molecule has 0 aromatic rings. The van der Waals surface area contributed by atoms with Crippen molar-refractivity contribution < 1.29 is 19.1 Å². The van der Waals surface area contributed by atoms with Crippen molar-refractivity contribution in [2.75, 3.05) is 0 Å². The van der Waals surface area contributed by atoms with Gasteiger partial charge in [0.15, 0.2) is 0 Å². The minimum Gasteiger partial charge on any atom is -0.459 e.